The second kappa shape index (κ2) is 4.94. The molecule has 1 aliphatic rings. The number of benzene rings is 1. The average Bonchev–Trinajstić information content (AvgIpc) is 2.28. The number of hydrogen-bond donors (Lipinski definition) is 2. The van der Waals surface area contributed by atoms with Crippen LogP contribution in [-0.4, -0.2) is 31.6 Å². The number of ether oxygens (including phenoxy) is 1. The van der Waals surface area contributed by atoms with Gasteiger partial charge in [0.1, 0.15) is 5.84 Å². The molecule has 2 rings (SSSR count). The van der Waals surface area contributed by atoms with Gasteiger partial charge in [-0.25, -0.2) is 0 Å². The third-order valence-electron chi connectivity index (χ3n) is 2.83. The van der Waals surface area contributed by atoms with Gasteiger partial charge >= 0.3 is 0 Å². The van der Waals surface area contributed by atoms with Crippen molar-refractivity contribution in [2.75, 3.05) is 24.6 Å². The number of morpholine rings is 1. The molecule has 3 N–H and O–H groups in total. The first kappa shape index (κ1) is 12.2. The summed E-state index contributed by atoms with van der Waals surface area (Å²) in [6.45, 7) is 4.31. The maximum Gasteiger partial charge on any atom is 0.124 e. The van der Waals surface area contributed by atoms with Crippen molar-refractivity contribution in [3.8, 4) is 0 Å². The summed E-state index contributed by atoms with van der Waals surface area (Å²) in [5.41, 5.74) is 7.23. The van der Waals surface area contributed by atoms with E-state index < -0.39 is 0 Å². The topological polar surface area (TPSA) is 62.3 Å². The van der Waals surface area contributed by atoms with Crippen molar-refractivity contribution >= 4 is 23.1 Å². The van der Waals surface area contributed by atoms with Gasteiger partial charge in [0, 0.05) is 29.4 Å². The van der Waals surface area contributed by atoms with E-state index in [0.717, 1.165) is 24.3 Å². The number of anilines is 1. The van der Waals surface area contributed by atoms with Crippen molar-refractivity contribution in [3.63, 3.8) is 0 Å². The van der Waals surface area contributed by atoms with Crippen LogP contribution >= 0.6 is 11.6 Å². The van der Waals surface area contributed by atoms with Crippen LogP contribution in [0.5, 0.6) is 0 Å². The fourth-order valence-corrected chi connectivity index (χ4v) is 2.20. The molecule has 1 saturated heterocycles. The monoisotopic (exact) mass is 253 g/mol. The first-order chi connectivity index (χ1) is 8.08. The Kier molecular flexibility index (Phi) is 3.54. The molecular formula is C12H16ClN3O. The Morgan fingerprint density at radius 1 is 1.59 bits per heavy atom. The Labute approximate surface area is 106 Å². The number of nitrogen functional groups attached to an aromatic ring is 1. The van der Waals surface area contributed by atoms with E-state index in [2.05, 4.69) is 4.90 Å². The zero-order chi connectivity index (χ0) is 12.4. The number of nitrogens with one attached hydrogen (secondary N) is 1. The molecule has 1 aromatic carbocycles. The lowest BCUT2D eigenvalue weighted by atomic mass is 10.1. The zero-order valence-corrected chi connectivity index (χ0v) is 10.5. The van der Waals surface area contributed by atoms with E-state index in [0.29, 0.717) is 11.6 Å². The number of amidine groups is 1. The Bertz CT molecular complexity index is 436. The van der Waals surface area contributed by atoms with Gasteiger partial charge in [0.15, 0.2) is 0 Å². The second-order valence-corrected chi connectivity index (χ2v) is 4.64. The summed E-state index contributed by atoms with van der Waals surface area (Å²) in [4.78, 5) is 2.16. The van der Waals surface area contributed by atoms with Crippen LogP contribution in [0.2, 0.25) is 5.02 Å². The largest absolute Gasteiger partial charge is 0.384 e. The molecule has 5 heteroatoms. The van der Waals surface area contributed by atoms with Crippen molar-refractivity contribution in [3.05, 3.63) is 28.8 Å². The first-order valence-electron chi connectivity index (χ1n) is 5.58. The molecule has 1 atom stereocenters. The highest BCUT2D eigenvalue weighted by atomic mass is 35.5. The quantitative estimate of drug-likeness (QED) is 0.625. The first-order valence-corrected chi connectivity index (χ1v) is 5.96. The van der Waals surface area contributed by atoms with Gasteiger partial charge in [0.2, 0.25) is 0 Å². The van der Waals surface area contributed by atoms with Gasteiger partial charge in [0.25, 0.3) is 0 Å². The van der Waals surface area contributed by atoms with Crippen LogP contribution in [0.15, 0.2) is 18.2 Å². The van der Waals surface area contributed by atoms with E-state index in [9.17, 15) is 0 Å². The lowest BCUT2D eigenvalue weighted by Crippen LogP contribution is -2.42. The second-order valence-electron chi connectivity index (χ2n) is 4.20. The summed E-state index contributed by atoms with van der Waals surface area (Å²) in [6.07, 6.45) is 0.183. The maximum atomic E-state index is 7.59. The summed E-state index contributed by atoms with van der Waals surface area (Å²) in [5, 5.41) is 8.25. The molecule has 0 bridgehead atoms. The van der Waals surface area contributed by atoms with Crippen molar-refractivity contribution in [2.45, 2.75) is 13.0 Å². The van der Waals surface area contributed by atoms with Crippen molar-refractivity contribution in [2.24, 2.45) is 5.73 Å². The predicted molar refractivity (Wildman–Crippen MR) is 70.1 cm³/mol. The Morgan fingerprint density at radius 2 is 2.35 bits per heavy atom. The highest BCUT2D eigenvalue weighted by Gasteiger charge is 2.20. The fraction of sp³-hybridized carbons (Fsp3) is 0.417. The Morgan fingerprint density at radius 3 is 3.00 bits per heavy atom. The number of nitrogens with two attached hydrogens (primary N) is 1. The van der Waals surface area contributed by atoms with Gasteiger partial charge in [-0.15, -0.1) is 0 Å². The molecule has 0 aliphatic carbocycles. The SMILES string of the molecule is CC1CN(c2cc(Cl)ccc2C(=N)N)CCO1. The fourth-order valence-electron chi connectivity index (χ4n) is 2.03. The van der Waals surface area contributed by atoms with Crippen LogP contribution in [0, 0.1) is 5.41 Å². The lowest BCUT2D eigenvalue weighted by molar-refractivity contribution is 0.0532. The van der Waals surface area contributed by atoms with E-state index in [1.807, 2.05) is 13.0 Å². The molecule has 0 amide bonds. The van der Waals surface area contributed by atoms with Crippen LogP contribution in [-0.2, 0) is 4.74 Å². The summed E-state index contributed by atoms with van der Waals surface area (Å²) in [5.74, 6) is 0.0656. The number of rotatable bonds is 2. The van der Waals surface area contributed by atoms with Crippen LogP contribution in [0.1, 0.15) is 12.5 Å². The highest BCUT2D eigenvalue weighted by molar-refractivity contribution is 6.31. The Balaban J connectivity index is 2.35. The lowest BCUT2D eigenvalue weighted by Gasteiger charge is -2.34. The van der Waals surface area contributed by atoms with Crippen molar-refractivity contribution in [1.29, 1.82) is 5.41 Å². The highest BCUT2D eigenvalue weighted by Crippen LogP contribution is 2.26. The molecule has 0 saturated carbocycles. The van der Waals surface area contributed by atoms with Crippen LogP contribution in [0.3, 0.4) is 0 Å². The van der Waals surface area contributed by atoms with Gasteiger partial charge < -0.3 is 15.4 Å². The molecule has 1 aromatic rings. The number of hydrogen-bond acceptors (Lipinski definition) is 3. The third kappa shape index (κ3) is 2.70. The van der Waals surface area contributed by atoms with Crippen molar-refractivity contribution in [1.82, 2.24) is 0 Å². The molecule has 17 heavy (non-hydrogen) atoms. The molecule has 0 aromatic heterocycles. The predicted octanol–water partition coefficient (Wildman–Crippen LogP) is 1.85. The molecule has 4 nitrogen and oxygen atoms in total. The Hall–Kier alpha value is -1.26. The standard InChI is InChI=1S/C12H16ClN3O/c1-8-7-16(4-5-17-8)11-6-9(13)2-3-10(11)12(14)15/h2-3,6,8H,4-5,7H2,1H3,(H3,14,15). The van der Waals surface area contributed by atoms with E-state index in [-0.39, 0.29) is 11.9 Å². The van der Waals surface area contributed by atoms with Crippen LogP contribution in [0.4, 0.5) is 5.69 Å². The summed E-state index contributed by atoms with van der Waals surface area (Å²) < 4.78 is 5.50. The normalized spacial score (nSPS) is 20.4. The molecule has 0 radical (unpaired) electrons. The van der Waals surface area contributed by atoms with Crippen LogP contribution < -0.4 is 10.6 Å². The average molecular weight is 254 g/mol. The number of nitrogens with zero attached hydrogens (tertiary/aromatic N) is 1. The van der Waals surface area contributed by atoms with Gasteiger partial charge in [-0.2, -0.15) is 0 Å². The molecule has 92 valence electrons. The molecule has 1 unspecified atom stereocenters. The van der Waals surface area contributed by atoms with Crippen molar-refractivity contribution < 1.29 is 4.74 Å². The summed E-state index contributed by atoms with van der Waals surface area (Å²) in [6, 6.07) is 5.40. The van der Waals surface area contributed by atoms with E-state index in [1.165, 1.54) is 0 Å². The van der Waals surface area contributed by atoms with E-state index in [1.54, 1.807) is 12.1 Å². The molecule has 1 aliphatic heterocycles. The molecular weight excluding hydrogens is 238 g/mol. The smallest absolute Gasteiger partial charge is 0.124 e. The minimum absolute atomic E-state index is 0.0656. The van der Waals surface area contributed by atoms with Gasteiger partial charge in [0.05, 0.1) is 12.7 Å². The van der Waals surface area contributed by atoms with E-state index in [4.69, 9.17) is 27.5 Å². The van der Waals surface area contributed by atoms with Crippen LogP contribution in [0.25, 0.3) is 0 Å². The van der Waals surface area contributed by atoms with Gasteiger partial charge in [-0.1, -0.05) is 11.6 Å². The minimum atomic E-state index is 0.0656. The summed E-state index contributed by atoms with van der Waals surface area (Å²) in [7, 11) is 0. The zero-order valence-electron chi connectivity index (χ0n) is 9.74. The van der Waals surface area contributed by atoms with E-state index >= 15 is 0 Å². The molecule has 1 heterocycles. The number of halogens is 1. The summed E-state index contributed by atoms with van der Waals surface area (Å²) >= 11 is 6.01. The van der Waals surface area contributed by atoms with Gasteiger partial charge in [-0.05, 0) is 25.1 Å². The molecule has 0 spiro atoms. The maximum absolute atomic E-state index is 7.59. The third-order valence-corrected chi connectivity index (χ3v) is 3.07. The molecule has 1 fully saturated rings. The minimum Gasteiger partial charge on any atom is -0.384 e. The van der Waals surface area contributed by atoms with Gasteiger partial charge in [-0.3, -0.25) is 5.41 Å².